The predicted molar refractivity (Wildman–Crippen MR) is 44.7 cm³/mol. The second-order valence-electron chi connectivity index (χ2n) is 2.61. The summed E-state index contributed by atoms with van der Waals surface area (Å²) < 4.78 is -0.319. The minimum Gasteiger partial charge on any atom is -0.298 e. The first kappa shape index (κ1) is 7.79. The highest BCUT2D eigenvalue weighted by atomic mass is 32.2. The Hall–Kier alpha value is -0.310. The molecule has 0 aromatic heterocycles. The van der Waals surface area contributed by atoms with Crippen LogP contribution in [0.3, 0.4) is 0 Å². The van der Waals surface area contributed by atoms with Crippen molar-refractivity contribution in [3.8, 4) is 0 Å². The fraction of sp³-hybridized carbons (Fsp3) is 0.714. The Labute approximate surface area is 65.1 Å². The molecule has 0 saturated carbocycles. The Morgan fingerprint density at radius 1 is 1.80 bits per heavy atom. The average molecular weight is 157 g/mol. The van der Waals surface area contributed by atoms with Crippen molar-refractivity contribution in [2.24, 2.45) is 4.99 Å². The van der Waals surface area contributed by atoms with Gasteiger partial charge in [0.25, 0.3) is 0 Å². The van der Waals surface area contributed by atoms with Gasteiger partial charge in [-0.2, -0.15) is 0 Å². The van der Waals surface area contributed by atoms with Crippen molar-refractivity contribution in [2.75, 3.05) is 5.88 Å². The van der Waals surface area contributed by atoms with Crippen LogP contribution in [0.4, 0.5) is 0 Å². The molecule has 1 atom stereocenters. The quantitative estimate of drug-likeness (QED) is 0.577. The summed E-state index contributed by atoms with van der Waals surface area (Å²) in [6, 6.07) is 0. The molecule has 0 bridgehead atoms. The van der Waals surface area contributed by atoms with E-state index >= 15 is 0 Å². The molecular formula is C7H11NOS. The normalized spacial score (nSPS) is 32.1. The van der Waals surface area contributed by atoms with Gasteiger partial charge >= 0.3 is 0 Å². The largest absolute Gasteiger partial charge is 0.298 e. The first-order valence-electron chi connectivity index (χ1n) is 3.24. The molecule has 0 aromatic rings. The lowest BCUT2D eigenvalue weighted by atomic mass is 10.0. The average Bonchev–Trinajstić information content (AvgIpc) is 2.15. The maximum atomic E-state index is 11.1. The summed E-state index contributed by atoms with van der Waals surface area (Å²) in [5, 5.41) is 0. The highest BCUT2D eigenvalue weighted by Crippen LogP contribution is 2.32. The minimum absolute atomic E-state index is 0.205. The number of carbonyl (C=O) groups excluding carboxylic acids is 1. The zero-order chi connectivity index (χ0) is 7.78. The number of carbonyl (C=O) groups is 1. The van der Waals surface area contributed by atoms with E-state index in [9.17, 15) is 4.79 Å². The third kappa shape index (κ3) is 0.985. The summed E-state index contributed by atoms with van der Waals surface area (Å²) >= 11 is 1.61. The zero-order valence-electron chi connectivity index (χ0n) is 6.47. The lowest BCUT2D eigenvalue weighted by molar-refractivity contribution is -0.117. The van der Waals surface area contributed by atoms with Crippen LogP contribution in [-0.2, 0) is 4.79 Å². The Morgan fingerprint density at radius 2 is 2.40 bits per heavy atom. The molecule has 0 N–H and O–H groups in total. The molecule has 0 aromatic carbocycles. The van der Waals surface area contributed by atoms with Gasteiger partial charge in [-0.05, 0) is 20.8 Å². The van der Waals surface area contributed by atoms with Crippen LogP contribution < -0.4 is 0 Å². The zero-order valence-corrected chi connectivity index (χ0v) is 7.29. The molecular weight excluding hydrogens is 146 g/mol. The van der Waals surface area contributed by atoms with E-state index in [1.807, 2.05) is 13.8 Å². The second-order valence-corrected chi connectivity index (χ2v) is 3.97. The predicted octanol–water partition coefficient (Wildman–Crippen LogP) is 1.50. The van der Waals surface area contributed by atoms with Crippen molar-refractivity contribution < 1.29 is 4.79 Å². The highest BCUT2D eigenvalue weighted by Gasteiger charge is 2.36. The van der Waals surface area contributed by atoms with Gasteiger partial charge in [-0.15, -0.1) is 11.8 Å². The van der Waals surface area contributed by atoms with E-state index in [1.165, 1.54) is 0 Å². The number of hydrogen-bond acceptors (Lipinski definition) is 3. The third-order valence-electron chi connectivity index (χ3n) is 2.02. The molecule has 0 spiro atoms. The van der Waals surface area contributed by atoms with Gasteiger partial charge < -0.3 is 0 Å². The molecule has 1 heterocycles. The van der Waals surface area contributed by atoms with E-state index < -0.39 is 0 Å². The number of nitrogens with zero attached hydrogens (tertiary/aromatic N) is 1. The summed E-state index contributed by atoms with van der Waals surface area (Å²) in [5.74, 6) is 0.943. The maximum absolute atomic E-state index is 11.1. The maximum Gasteiger partial charge on any atom is 0.151 e. The van der Waals surface area contributed by atoms with Crippen molar-refractivity contribution in [1.82, 2.24) is 0 Å². The summed E-state index contributed by atoms with van der Waals surface area (Å²) in [4.78, 5) is 15.2. The van der Waals surface area contributed by atoms with E-state index in [0.717, 1.165) is 11.6 Å². The standard InChI is InChI=1S/C7H11NOS/c1-5-7(3,6(2)9)10-4-8-5/h4H2,1-3H3. The third-order valence-corrected chi connectivity index (χ3v) is 3.44. The van der Waals surface area contributed by atoms with Crippen molar-refractivity contribution in [1.29, 1.82) is 0 Å². The molecule has 10 heavy (non-hydrogen) atoms. The molecule has 56 valence electrons. The Bertz CT molecular complexity index is 200. The van der Waals surface area contributed by atoms with Crippen LogP contribution in [-0.4, -0.2) is 22.1 Å². The van der Waals surface area contributed by atoms with Gasteiger partial charge in [0.15, 0.2) is 5.78 Å². The number of hydrogen-bond donors (Lipinski definition) is 0. The molecule has 1 rings (SSSR count). The van der Waals surface area contributed by atoms with Crippen LogP contribution in [0.15, 0.2) is 4.99 Å². The van der Waals surface area contributed by atoms with E-state index in [0.29, 0.717) is 0 Å². The molecule has 2 nitrogen and oxygen atoms in total. The summed E-state index contributed by atoms with van der Waals surface area (Å²) in [7, 11) is 0. The monoisotopic (exact) mass is 157 g/mol. The molecule has 0 fully saturated rings. The topological polar surface area (TPSA) is 29.4 Å². The molecule has 0 aliphatic carbocycles. The summed E-state index contributed by atoms with van der Waals surface area (Å²) in [5.41, 5.74) is 0.963. The van der Waals surface area contributed by atoms with Gasteiger partial charge in [0, 0.05) is 5.71 Å². The first-order valence-corrected chi connectivity index (χ1v) is 4.22. The lowest BCUT2D eigenvalue weighted by Gasteiger charge is -2.18. The Kier molecular flexibility index (Phi) is 1.86. The number of ketones is 1. The van der Waals surface area contributed by atoms with Crippen LogP contribution in [0.2, 0.25) is 0 Å². The van der Waals surface area contributed by atoms with E-state index in [4.69, 9.17) is 0 Å². The van der Waals surface area contributed by atoms with Crippen LogP contribution in [0, 0.1) is 0 Å². The van der Waals surface area contributed by atoms with Crippen LogP contribution in [0.5, 0.6) is 0 Å². The van der Waals surface area contributed by atoms with E-state index in [1.54, 1.807) is 18.7 Å². The molecule has 0 radical (unpaired) electrons. The molecule has 1 aliphatic rings. The molecule has 0 amide bonds. The second kappa shape index (κ2) is 2.38. The number of rotatable bonds is 1. The summed E-state index contributed by atoms with van der Waals surface area (Å²) in [6.45, 7) is 5.48. The van der Waals surface area contributed by atoms with Crippen molar-refractivity contribution in [2.45, 2.75) is 25.5 Å². The van der Waals surface area contributed by atoms with Gasteiger partial charge in [-0.25, -0.2) is 0 Å². The van der Waals surface area contributed by atoms with Crippen LogP contribution in [0.25, 0.3) is 0 Å². The minimum atomic E-state index is -0.319. The Balaban J connectivity index is 2.89. The van der Waals surface area contributed by atoms with E-state index in [-0.39, 0.29) is 10.5 Å². The molecule has 1 unspecified atom stereocenters. The van der Waals surface area contributed by atoms with Gasteiger partial charge in [0.05, 0.1) is 5.88 Å². The molecule has 0 saturated heterocycles. The van der Waals surface area contributed by atoms with Crippen molar-refractivity contribution in [3.05, 3.63) is 0 Å². The van der Waals surface area contributed by atoms with Crippen LogP contribution in [0.1, 0.15) is 20.8 Å². The smallest absolute Gasteiger partial charge is 0.151 e. The fourth-order valence-corrected chi connectivity index (χ4v) is 1.86. The SMILES string of the molecule is CC(=O)C1(C)SCN=C1C. The fourth-order valence-electron chi connectivity index (χ4n) is 0.870. The highest BCUT2D eigenvalue weighted by molar-refractivity contribution is 8.02. The first-order chi connectivity index (χ1) is 4.57. The van der Waals surface area contributed by atoms with Gasteiger partial charge in [0.2, 0.25) is 0 Å². The number of aliphatic imine (C=N–C) groups is 1. The summed E-state index contributed by atoms with van der Waals surface area (Å²) in [6.07, 6.45) is 0. The van der Waals surface area contributed by atoms with Gasteiger partial charge in [-0.3, -0.25) is 9.79 Å². The Morgan fingerprint density at radius 3 is 2.60 bits per heavy atom. The van der Waals surface area contributed by atoms with Crippen molar-refractivity contribution >= 4 is 23.3 Å². The number of thioether (sulfide) groups is 1. The van der Waals surface area contributed by atoms with Crippen LogP contribution >= 0.6 is 11.8 Å². The molecule has 3 heteroatoms. The lowest BCUT2D eigenvalue weighted by Crippen LogP contribution is -2.34. The van der Waals surface area contributed by atoms with Crippen molar-refractivity contribution in [3.63, 3.8) is 0 Å². The number of Topliss-reactive ketones (excluding diaryl/α,β-unsaturated/α-hetero) is 1. The van der Waals surface area contributed by atoms with E-state index in [2.05, 4.69) is 4.99 Å². The van der Waals surface area contributed by atoms with Gasteiger partial charge in [0.1, 0.15) is 4.75 Å². The molecule has 1 aliphatic heterocycles. The van der Waals surface area contributed by atoms with Gasteiger partial charge in [-0.1, -0.05) is 0 Å².